The molecular formula is C12H12ClN3O. The summed E-state index contributed by atoms with van der Waals surface area (Å²) in [4.78, 5) is 2.77. The summed E-state index contributed by atoms with van der Waals surface area (Å²) >= 11 is 6.27. The molecule has 4 nitrogen and oxygen atoms in total. The zero-order valence-electron chi connectivity index (χ0n) is 9.32. The van der Waals surface area contributed by atoms with E-state index in [4.69, 9.17) is 21.9 Å². The number of hydrogen-bond acceptors (Lipinski definition) is 2. The minimum atomic E-state index is -0.0240. The fourth-order valence-corrected chi connectivity index (χ4v) is 3.08. The summed E-state index contributed by atoms with van der Waals surface area (Å²) in [6, 6.07) is 2.01. The largest absolute Gasteiger partial charge is 0.489 e. The van der Waals surface area contributed by atoms with Crippen molar-refractivity contribution in [1.29, 1.82) is 0 Å². The number of fused-ring (bicyclic) bond motifs is 3. The lowest BCUT2D eigenvalue weighted by Crippen LogP contribution is -2.16. The molecule has 1 aromatic rings. The summed E-state index contributed by atoms with van der Waals surface area (Å²) in [5, 5.41) is 4.44. The van der Waals surface area contributed by atoms with Gasteiger partial charge in [0.15, 0.2) is 0 Å². The van der Waals surface area contributed by atoms with E-state index in [-0.39, 0.29) is 6.10 Å². The summed E-state index contributed by atoms with van der Waals surface area (Å²) in [5.41, 5.74) is 12.0. The smallest absolute Gasteiger partial charge is 0.126 e. The highest BCUT2D eigenvalue weighted by atomic mass is 35.5. The molecule has 2 aliphatic rings. The van der Waals surface area contributed by atoms with Crippen LogP contribution in [0.25, 0.3) is 10.4 Å². The van der Waals surface area contributed by atoms with E-state index in [1.54, 1.807) is 0 Å². The molecule has 0 aromatic heterocycles. The van der Waals surface area contributed by atoms with Gasteiger partial charge in [0.25, 0.3) is 0 Å². The fourth-order valence-electron chi connectivity index (χ4n) is 2.74. The summed E-state index contributed by atoms with van der Waals surface area (Å²) in [7, 11) is 0. The minimum Gasteiger partial charge on any atom is -0.489 e. The number of hydrogen-bond donors (Lipinski definition) is 0. The number of ether oxygens (including phenoxy) is 1. The monoisotopic (exact) mass is 249 g/mol. The predicted octanol–water partition coefficient (Wildman–Crippen LogP) is 3.44. The first kappa shape index (κ1) is 10.8. The van der Waals surface area contributed by atoms with Crippen LogP contribution in [0.15, 0.2) is 11.2 Å². The van der Waals surface area contributed by atoms with Crippen molar-refractivity contribution in [3.8, 4) is 5.75 Å². The molecule has 1 atom stereocenters. The van der Waals surface area contributed by atoms with Crippen LogP contribution < -0.4 is 4.74 Å². The number of rotatable bonds is 2. The van der Waals surface area contributed by atoms with Crippen LogP contribution in [0, 0.1) is 0 Å². The Morgan fingerprint density at radius 1 is 1.47 bits per heavy atom. The van der Waals surface area contributed by atoms with Crippen molar-refractivity contribution in [2.45, 2.75) is 31.8 Å². The van der Waals surface area contributed by atoms with Crippen molar-refractivity contribution in [3.63, 3.8) is 0 Å². The Kier molecular flexibility index (Phi) is 2.61. The molecule has 5 heteroatoms. The molecule has 0 N–H and O–H groups in total. The number of halogens is 1. The van der Waals surface area contributed by atoms with Crippen LogP contribution in [0.4, 0.5) is 0 Å². The molecule has 1 unspecified atom stereocenters. The van der Waals surface area contributed by atoms with Gasteiger partial charge in [-0.1, -0.05) is 16.7 Å². The van der Waals surface area contributed by atoms with Gasteiger partial charge >= 0.3 is 0 Å². The highest BCUT2D eigenvalue weighted by Crippen LogP contribution is 2.42. The van der Waals surface area contributed by atoms with Gasteiger partial charge in [-0.05, 0) is 47.6 Å². The quantitative estimate of drug-likeness (QED) is 0.450. The van der Waals surface area contributed by atoms with E-state index in [0.717, 1.165) is 42.0 Å². The Morgan fingerprint density at radius 2 is 2.29 bits per heavy atom. The number of azide groups is 1. The maximum atomic E-state index is 8.32. The highest BCUT2D eigenvalue weighted by Gasteiger charge is 2.29. The number of benzene rings is 1. The van der Waals surface area contributed by atoms with Gasteiger partial charge in [0.05, 0.1) is 6.54 Å². The van der Waals surface area contributed by atoms with Crippen LogP contribution in [0.2, 0.25) is 5.02 Å². The van der Waals surface area contributed by atoms with Gasteiger partial charge < -0.3 is 4.74 Å². The van der Waals surface area contributed by atoms with Crippen molar-refractivity contribution in [2.75, 3.05) is 6.54 Å². The molecular weight excluding hydrogens is 238 g/mol. The molecule has 0 saturated carbocycles. The van der Waals surface area contributed by atoms with Gasteiger partial charge in [-0.2, -0.15) is 0 Å². The van der Waals surface area contributed by atoms with E-state index in [2.05, 4.69) is 10.0 Å². The van der Waals surface area contributed by atoms with E-state index < -0.39 is 0 Å². The Morgan fingerprint density at radius 3 is 3.12 bits per heavy atom. The van der Waals surface area contributed by atoms with Crippen molar-refractivity contribution in [3.05, 3.63) is 38.2 Å². The van der Waals surface area contributed by atoms with E-state index >= 15 is 0 Å². The van der Waals surface area contributed by atoms with Crippen LogP contribution in [0.3, 0.4) is 0 Å². The summed E-state index contributed by atoms with van der Waals surface area (Å²) in [5.74, 6) is 1.00. The Hall–Kier alpha value is -1.38. The molecule has 17 heavy (non-hydrogen) atoms. The van der Waals surface area contributed by atoms with Crippen LogP contribution in [-0.4, -0.2) is 12.6 Å². The average molecular weight is 250 g/mol. The summed E-state index contributed by atoms with van der Waals surface area (Å²) in [6.07, 6.45) is 4.01. The molecule has 0 radical (unpaired) electrons. The van der Waals surface area contributed by atoms with Gasteiger partial charge in [-0.15, -0.1) is 0 Å². The zero-order valence-corrected chi connectivity index (χ0v) is 10.1. The minimum absolute atomic E-state index is 0.0240. The fraction of sp³-hybridized carbons (Fsp3) is 0.500. The Labute approximate surface area is 104 Å². The highest BCUT2D eigenvalue weighted by molar-refractivity contribution is 6.31. The first-order chi connectivity index (χ1) is 8.29. The molecule has 1 aliphatic carbocycles. The van der Waals surface area contributed by atoms with Crippen molar-refractivity contribution >= 4 is 11.6 Å². The van der Waals surface area contributed by atoms with Crippen LogP contribution in [0.5, 0.6) is 5.75 Å². The summed E-state index contributed by atoms with van der Waals surface area (Å²) < 4.78 is 5.88. The predicted molar refractivity (Wildman–Crippen MR) is 65.6 cm³/mol. The van der Waals surface area contributed by atoms with Crippen molar-refractivity contribution < 1.29 is 4.74 Å². The van der Waals surface area contributed by atoms with E-state index in [1.165, 1.54) is 11.1 Å². The second-order valence-electron chi connectivity index (χ2n) is 4.51. The molecule has 0 fully saturated rings. The van der Waals surface area contributed by atoms with E-state index in [9.17, 15) is 0 Å². The third-order valence-corrected chi connectivity index (χ3v) is 3.79. The topological polar surface area (TPSA) is 58.0 Å². The maximum absolute atomic E-state index is 8.32. The lowest BCUT2D eigenvalue weighted by atomic mass is 10.0. The molecule has 1 aromatic carbocycles. The SMILES string of the molecule is [N-]=[N+]=NCC1Cc2cc(Cl)c3c(c2O1)CCC3. The lowest BCUT2D eigenvalue weighted by Gasteiger charge is -2.10. The van der Waals surface area contributed by atoms with Crippen molar-refractivity contribution in [1.82, 2.24) is 0 Å². The second-order valence-corrected chi connectivity index (χ2v) is 4.92. The second kappa shape index (κ2) is 4.13. The van der Waals surface area contributed by atoms with Gasteiger partial charge in [0, 0.05) is 16.4 Å². The van der Waals surface area contributed by atoms with E-state index in [1.807, 2.05) is 6.07 Å². The third kappa shape index (κ3) is 1.74. The lowest BCUT2D eigenvalue weighted by molar-refractivity contribution is 0.239. The van der Waals surface area contributed by atoms with Crippen LogP contribution in [-0.2, 0) is 19.3 Å². The van der Waals surface area contributed by atoms with Gasteiger partial charge in [-0.25, -0.2) is 0 Å². The molecule has 1 aliphatic heterocycles. The Balaban J connectivity index is 1.95. The molecule has 88 valence electrons. The maximum Gasteiger partial charge on any atom is 0.126 e. The third-order valence-electron chi connectivity index (χ3n) is 3.45. The molecule has 1 heterocycles. The van der Waals surface area contributed by atoms with Gasteiger partial charge in [0.2, 0.25) is 0 Å². The van der Waals surface area contributed by atoms with E-state index in [0.29, 0.717) is 6.54 Å². The first-order valence-electron chi connectivity index (χ1n) is 5.80. The van der Waals surface area contributed by atoms with Gasteiger partial charge in [-0.3, -0.25) is 0 Å². The number of nitrogens with zero attached hydrogens (tertiary/aromatic N) is 3. The molecule has 0 bridgehead atoms. The average Bonchev–Trinajstić information content (AvgIpc) is 2.91. The molecule has 3 rings (SSSR count). The summed E-state index contributed by atoms with van der Waals surface area (Å²) in [6.45, 7) is 0.386. The molecule has 0 amide bonds. The standard InChI is InChI=1S/C12H12ClN3O/c13-11-5-7-4-8(6-15-16-14)17-12(7)10-3-1-2-9(10)11/h5,8H,1-4,6H2. The molecule has 0 spiro atoms. The normalized spacial score (nSPS) is 20.4. The Bertz CT molecular complexity index is 523. The molecule has 0 saturated heterocycles. The van der Waals surface area contributed by atoms with Crippen LogP contribution >= 0.6 is 11.6 Å². The van der Waals surface area contributed by atoms with Crippen LogP contribution in [0.1, 0.15) is 23.1 Å². The van der Waals surface area contributed by atoms with Crippen molar-refractivity contribution in [2.24, 2.45) is 5.11 Å². The first-order valence-corrected chi connectivity index (χ1v) is 6.18. The zero-order chi connectivity index (χ0) is 11.8. The van der Waals surface area contributed by atoms with Gasteiger partial charge in [0.1, 0.15) is 11.9 Å².